The first kappa shape index (κ1) is 12.0. The molecular weight excluding hydrogens is 237 g/mol. The highest BCUT2D eigenvalue weighted by Gasteiger charge is 2.08. The van der Waals surface area contributed by atoms with Gasteiger partial charge in [0.05, 0.1) is 0 Å². The van der Waals surface area contributed by atoms with Gasteiger partial charge in [0.25, 0.3) is 0 Å². The molecule has 18 heavy (non-hydrogen) atoms. The Kier molecular flexibility index (Phi) is 3.18. The largest absolute Gasteiger partial charge is 0.475 e. The van der Waals surface area contributed by atoms with Gasteiger partial charge in [-0.25, -0.2) is 19.2 Å². The van der Waals surface area contributed by atoms with Crippen LogP contribution in [-0.4, -0.2) is 21.0 Å². The van der Waals surface area contributed by atoms with Crippen LogP contribution in [0.5, 0.6) is 0 Å². The number of benzene rings is 1. The number of aromatic carboxylic acids is 1. The van der Waals surface area contributed by atoms with Crippen LogP contribution in [0.25, 0.3) is 0 Å². The Balaban J connectivity index is 2.31. The number of halogens is 1. The Morgan fingerprint density at radius 1 is 1.39 bits per heavy atom. The van der Waals surface area contributed by atoms with Crippen molar-refractivity contribution in [3.05, 3.63) is 47.7 Å². The maximum absolute atomic E-state index is 13.1. The summed E-state index contributed by atoms with van der Waals surface area (Å²) in [6.45, 7) is 1.81. The Labute approximate surface area is 102 Å². The minimum Gasteiger partial charge on any atom is -0.475 e. The van der Waals surface area contributed by atoms with Gasteiger partial charge in [-0.15, -0.1) is 0 Å². The molecule has 1 heterocycles. The first-order chi connectivity index (χ1) is 8.56. The van der Waals surface area contributed by atoms with Crippen LogP contribution < -0.4 is 5.32 Å². The Morgan fingerprint density at radius 3 is 2.89 bits per heavy atom. The predicted molar refractivity (Wildman–Crippen MR) is 63.4 cm³/mol. The fourth-order valence-corrected chi connectivity index (χ4v) is 1.40. The second kappa shape index (κ2) is 4.79. The lowest BCUT2D eigenvalue weighted by molar-refractivity contribution is 0.0683. The van der Waals surface area contributed by atoms with E-state index in [0.717, 1.165) is 5.56 Å². The molecule has 0 aliphatic rings. The van der Waals surface area contributed by atoms with Gasteiger partial charge in [-0.2, -0.15) is 0 Å². The number of nitrogens with zero attached hydrogens (tertiary/aromatic N) is 2. The molecule has 1 aromatic heterocycles. The predicted octanol–water partition coefficient (Wildman–Crippen LogP) is 2.37. The van der Waals surface area contributed by atoms with Crippen LogP contribution >= 0.6 is 0 Å². The number of carboxylic acids is 1. The van der Waals surface area contributed by atoms with Crippen molar-refractivity contribution in [1.82, 2.24) is 9.97 Å². The summed E-state index contributed by atoms with van der Waals surface area (Å²) in [5, 5.41) is 11.6. The van der Waals surface area contributed by atoms with E-state index in [0.29, 0.717) is 11.5 Å². The number of anilines is 2. The quantitative estimate of drug-likeness (QED) is 0.870. The summed E-state index contributed by atoms with van der Waals surface area (Å²) in [6.07, 6.45) is 1.33. The van der Waals surface area contributed by atoms with Gasteiger partial charge in [0.2, 0.25) is 5.82 Å². The number of aromatic nitrogens is 2. The fourth-order valence-electron chi connectivity index (χ4n) is 1.40. The molecule has 0 aliphatic carbocycles. The van der Waals surface area contributed by atoms with Crippen molar-refractivity contribution in [1.29, 1.82) is 0 Å². The summed E-state index contributed by atoms with van der Waals surface area (Å²) < 4.78 is 13.1. The third kappa shape index (κ3) is 2.60. The number of carbonyl (C=O) groups is 1. The van der Waals surface area contributed by atoms with Gasteiger partial charge < -0.3 is 10.4 Å². The molecule has 0 amide bonds. The third-order valence-corrected chi connectivity index (χ3v) is 2.31. The number of carboxylic acid groups (broad SMARTS) is 1. The van der Waals surface area contributed by atoms with Gasteiger partial charge in [-0.1, -0.05) is 6.07 Å². The molecular formula is C12H10FN3O2. The minimum atomic E-state index is -1.21. The highest BCUT2D eigenvalue weighted by Crippen LogP contribution is 2.19. The van der Waals surface area contributed by atoms with Crippen molar-refractivity contribution in [3.8, 4) is 0 Å². The first-order valence-corrected chi connectivity index (χ1v) is 5.16. The van der Waals surface area contributed by atoms with Crippen molar-refractivity contribution in [2.75, 3.05) is 5.32 Å². The maximum atomic E-state index is 13.1. The molecule has 0 aliphatic heterocycles. The highest BCUT2D eigenvalue weighted by atomic mass is 19.1. The van der Waals surface area contributed by atoms with E-state index in [-0.39, 0.29) is 11.6 Å². The van der Waals surface area contributed by atoms with Gasteiger partial charge in [-0.3, -0.25) is 0 Å². The van der Waals surface area contributed by atoms with E-state index in [2.05, 4.69) is 15.3 Å². The standard InChI is InChI=1S/C12H10FN3O2/c1-7-2-3-8(13)6-9(7)15-10-4-5-14-11(16-10)12(17)18/h2-6H,1H3,(H,17,18)(H,14,15,16). The second-order valence-corrected chi connectivity index (χ2v) is 3.65. The van der Waals surface area contributed by atoms with Crippen LogP contribution in [0, 0.1) is 12.7 Å². The molecule has 1 aromatic carbocycles. The van der Waals surface area contributed by atoms with Gasteiger partial charge in [-0.05, 0) is 30.7 Å². The lowest BCUT2D eigenvalue weighted by atomic mass is 10.2. The van der Waals surface area contributed by atoms with Gasteiger partial charge in [0.15, 0.2) is 0 Å². The average molecular weight is 247 g/mol. The van der Waals surface area contributed by atoms with Crippen LogP contribution in [-0.2, 0) is 0 Å². The number of hydrogen-bond acceptors (Lipinski definition) is 4. The Morgan fingerprint density at radius 2 is 2.17 bits per heavy atom. The van der Waals surface area contributed by atoms with Crippen LogP contribution in [0.2, 0.25) is 0 Å². The van der Waals surface area contributed by atoms with Crippen molar-refractivity contribution < 1.29 is 14.3 Å². The topological polar surface area (TPSA) is 75.1 Å². The Hall–Kier alpha value is -2.50. The van der Waals surface area contributed by atoms with Crippen molar-refractivity contribution in [2.45, 2.75) is 6.92 Å². The van der Waals surface area contributed by atoms with E-state index >= 15 is 0 Å². The number of nitrogens with one attached hydrogen (secondary N) is 1. The first-order valence-electron chi connectivity index (χ1n) is 5.16. The Bertz CT molecular complexity index is 602. The second-order valence-electron chi connectivity index (χ2n) is 3.65. The van der Waals surface area contributed by atoms with E-state index in [1.165, 1.54) is 24.4 Å². The zero-order chi connectivity index (χ0) is 13.1. The summed E-state index contributed by atoms with van der Waals surface area (Å²) in [5.74, 6) is -1.60. The normalized spacial score (nSPS) is 10.1. The van der Waals surface area contributed by atoms with Crippen LogP contribution in [0.15, 0.2) is 30.5 Å². The number of aryl methyl sites for hydroxylation is 1. The zero-order valence-electron chi connectivity index (χ0n) is 9.51. The summed E-state index contributed by atoms with van der Waals surface area (Å²) in [7, 11) is 0. The lowest BCUT2D eigenvalue weighted by Crippen LogP contribution is -2.06. The summed E-state index contributed by atoms with van der Waals surface area (Å²) in [6, 6.07) is 5.80. The molecule has 2 N–H and O–H groups in total. The summed E-state index contributed by atoms with van der Waals surface area (Å²) in [5.41, 5.74) is 1.36. The summed E-state index contributed by atoms with van der Waals surface area (Å²) in [4.78, 5) is 18.1. The number of rotatable bonds is 3. The van der Waals surface area contributed by atoms with Crippen molar-refractivity contribution in [2.24, 2.45) is 0 Å². The van der Waals surface area contributed by atoms with Crippen LogP contribution in [0.4, 0.5) is 15.9 Å². The molecule has 92 valence electrons. The van der Waals surface area contributed by atoms with Crippen molar-refractivity contribution in [3.63, 3.8) is 0 Å². The third-order valence-electron chi connectivity index (χ3n) is 2.31. The molecule has 2 aromatic rings. The smallest absolute Gasteiger partial charge is 0.374 e. The minimum absolute atomic E-state index is 0.302. The molecule has 6 heteroatoms. The molecule has 0 unspecified atom stereocenters. The lowest BCUT2D eigenvalue weighted by Gasteiger charge is -2.08. The zero-order valence-corrected chi connectivity index (χ0v) is 9.51. The van der Waals surface area contributed by atoms with Gasteiger partial charge >= 0.3 is 5.97 Å². The monoisotopic (exact) mass is 247 g/mol. The van der Waals surface area contributed by atoms with E-state index in [4.69, 9.17) is 5.11 Å². The molecule has 2 rings (SSSR count). The van der Waals surface area contributed by atoms with Crippen molar-refractivity contribution >= 4 is 17.5 Å². The van der Waals surface area contributed by atoms with Gasteiger partial charge in [0, 0.05) is 11.9 Å². The molecule has 0 saturated heterocycles. The van der Waals surface area contributed by atoms with E-state index in [1.54, 1.807) is 13.0 Å². The SMILES string of the molecule is Cc1ccc(F)cc1Nc1ccnc(C(=O)O)n1. The molecule has 0 saturated carbocycles. The molecule has 0 spiro atoms. The van der Waals surface area contributed by atoms with Gasteiger partial charge in [0.1, 0.15) is 11.6 Å². The molecule has 0 atom stereocenters. The fraction of sp³-hybridized carbons (Fsp3) is 0.0833. The van der Waals surface area contributed by atoms with E-state index < -0.39 is 5.97 Å². The maximum Gasteiger partial charge on any atom is 0.374 e. The molecule has 5 nitrogen and oxygen atoms in total. The number of hydrogen-bond donors (Lipinski definition) is 2. The van der Waals surface area contributed by atoms with Crippen LogP contribution in [0.3, 0.4) is 0 Å². The highest BCUT2D eigenvalue weighted by molar-refractivity contribution is 5.83. The molecule has 0 fully saturated rings. The molecule has 0 radical (unpaired) electrons. The van der Waals surface area contributed by atoms with E-state index in [9.17, 15) is 9.18 Å². The van der Waals surface area contributed by atoms with Crippen LogP contribution in [0.1, 0.15) is 16.2 Å². The summed E-state index contributed by atoms with van der Waals surface area (Å²) >= 11 is 0. The van der Waals surface area contributed by atoms with E-state index in [1.807, 2.05) is 0 Å². The average Bonchev–Trinajstić information content (AvgIpc) is 2.34. The molecule has 0 bridgehead atoms.